The van der Waals surface area contributed by atoms with E-state index in [4.69, 9.17) is 23.2 Å². The minimum absolute atomic E-state index is 0.0246. The molecule has 0 saturated carbocycles. The molecule has 0 heterocycles. The summed E-state index contributed by atoms with van der Waals surface area (Å²) in [6.45, 7) is 1.60. The van der Waals surface area contributed by atoms with Crippen LogP contribution in [0.5, 0.6) is 0 Å². The third-order valence-corrected chi connectivity index (χ3v) is 9.24. The molecule has 0 amide bonds. The molecular weight excluding hydrogens is 572 g/mol. The fourth-order valence-electron chi connectivity index (χ4n) is 2.06. The zero-order valence-corrected chi connectivity index (χ0v) is 18.0. The van der Waals surface area contributed by atoms with Crippen molar-refractivity contribution in [2.24, 2.45) is 0 Å². The van der Waals surface area contributed by atoms with Crippen LogP contribution in [0, 0.1) is 0 Å². The van der Waals surface area contributed by atoms with Gasteiger partial charge in [-0.3, -0.25) is 0 Å². The number of alkyl halides is 9. The van der Waals surface area contributed by atoms with Crippen LogP contribution < -0.4 is 0 Å². The molecule has 0 N–H and O–H groups in total. The van der Waals surface area contributed by atoms with E-state index in [0.717, 1.165) is 0 Å². The van der Waals surface area contributed by atoms with Crippen molar-refractivity contribution in [2.45, 2.75) is 46.8 Å². The third kappa shape index (κ3) is 3.57. The molecule has 0 aromatic rings. The summed E-state index contributed by atoms with van der Waals surface area (Å²) in [6, 6.07) is 0. The smallest absolute Gasteiger partial charge is 0.217 e. The van der Waals surface area contributed by atoms with Crippen molar-refractivity contribution in [3.63, 3.8) is 0 Å². The molecular formula is C12H9Br2Cl2F7O2S. The highest BCUT2D eigenvalue weighted by Crippen LogP contribution is 2.55. The first kappa shape index (κ1) is 24.5. The van der Waals surface area contributed by atoms with Crippen molar-refractivity contribution in [2.75, 3.05) is 0 Å². The SMILES string of the molecule is CCCC1(Br)C(Cl)=C(S(=O)(=O)C(F)(F)C(F)(F)C(F)(F)F)C=C(Br)C1Cl. The zero-order valence-electron chi connectivity index (χ0n) is 12.5. The molecule has 1 rings (SSSR count). The largest absolute Gasteiger partial charge is 0.461 e. The van der Waals surface area contributed by atoms with Gasteiger partial charge in [0.2, 0.25) is 0 Å². The lowest BCUT2D eigenvalue weighted by molar-refractivity contribution is -0.331. The van der Waals surface area contributed by atoms with Gasteiger partial charge in [0.05, 0.1) is 19.6 Å². The first-order chi connectivity index (χ1) is 11.4. The number of sulfone groups is 1. The molecule has 26 heavy (non-hydrogen) atoms. The second-order valence-corrected chi connectivity index (χ2v) is 10.4. The summed E-state index contributed by atoms with van der Waals surface area (Å²) in [4.78, 5) is -1.58. The van der Waals surface area contributed by atoms with Crippen LogP contribution in [-0.4, -0.2) is 35.5 Å². The highest BCUT2D eigenvalue weighted by atomic mass is 79.9. The normalized spacial score (nSPS) is 26.2. The van der Waals surface area contributed by atoms with E-state index >= 15 is 0 Å². The van der Waals surface area contributed by atoms with Crippen LogP contribution in [0.4, 0.5) is 30.7 Å². The fourth-order valence-corrected chi connectivity index (χ4v) is 6.46. The molecule has 0 radical (unpaired) electrons. The van der Waals surface area contributed by atoms with Gasteiger partial charge in [0.25, 0.3) is 9.84 Å². The number of hydrogen-bond donors (Lipinski definition) is 0. The first-order valence-electron chi connectivity index (χ1n) is 6.56. The maximum atomic E-state index is 13.9. The number of halogens is 11. The van der Waals surface area contributed by atoms with E-state index in [1.165, 1.54) is 0 Å². The molecule has 0 aliphatic heterocycles. The zero-order chi connectivity index (χ0) is 20.9. The maximum Gasteiger partial charge on any atom is 0.461 e. The molecule has 1 aliphatic carbocycles. The van der Waals surface area contributed by atoms with Crippen molar-refractivity contribution in [3.05, 3.63) is 20.5 Å². The van der Waals surface area contributed by atoms with Crippen LogP contribution in [0.3, 0.4) is 0 Å². The topological polar surface area (TPSA) is 34.1 Å². The highest BCUT2D eigenvalue weighted by molar-refractivity contribution is 9.12. The monoisotopic (exact) mass is 578 g/mol. The predicted molar refractivity (Wildman–Crippen MR) is 91.0 cm³/mol. The van der Waals surface area contributed by atoms with Crippen LogP contribution in [-0.2, 0) is 9.84 Å². The Morgan fingerprint density at radius 2 is 1.65 bits per heavy atom. The van der Waals surface area contributed by atoms with Gasteiger partial charge in [0.1, 0.15) is 0 Å². The lowest BCUT2D eigenvalue weighted by Crippen LogP contribution is -2.56. The summed E-state index contributed by atoms with van der Waals surface area (Å²) in [7, 11) is -6.55. The van der Waals surface area contributed by atoms with Gasteiger partial charge < -0.3 is 0 Å². The lowest BCUT2D eigenvalue weighted by atomic mass is 9.94. The van der Waals surface area contributed by atoms with Crippen molar-refractivity contribution >= 4 is 64.9 Å². The Hall–Kier alpha value is 0.480. The molecule has 0 saturated heterocycles. The molecule has 1 aliphatic rings. The standard InChI is InChI=1S/C12H9Br2Cl2F7O2S/c1-2-3-9(14)7(15)5(13)4-6(8(9)16)26(24,25)12(22,23)10(17,18)11(19,20)21/h4,7H,2-3H2,1H3. The van der Waals surface area contributed by atoms with Gasteiger partial charge in [-0.25, -0.2) is 8.42 Å². The minimum Gasteiger partial charge on any atom is -0.217 e. The summed E-state index contributed by atoms with van der Waals surface area (Å²) >= 11 is 17.7. The molecule has 2 unspecified atom stereocenters. The van der Waals surface area contributed by atoms with Crippen molar-refractivity contribution in [3.8, 4) is 0 Å². The quantitative estimate of drug-likeness (QED) is 0.276. The molecule has 0 spiro atoms. The number of rotatable bonds is 5. The van der Waals surface area contributed by atoms with Crippen molar-refractivity contribution in [1.82, 2.24) is 0 Å². The van der Waals surface area contributed by atoms with E-state index in [1.54, 1.807) is 6.92 Å². The summed E-state index contributed by atoms with van der Waals surface area (Å²) in [5, 5.41) is -8.54. The maximum absolute atomic E-state index is 13.9. The van der Waals surface area contributed by atoms with Crippen LogP contribution in [0.15, 0.2) is 20.5 Å². The summed E-state index contributed by atoms with van der Waals surface area (Å²) in [5.74, 6) is -6.85. The van der Waals surface area contributed by atoms with E-state index < -0.39 is 46.8 Å². The van der Waals surface area contributed by atoms with Crippen LogP contribution >= 0.6 is 55.1 Å². The van der Waals surface area contributed by atoms with E-state index in [0.29, 0.717) is 12.5 Å². The molecule has 2 nitrogen and oxygen atoms in total. The molecule has 0 bridgehead atoms. The summed E-state index contributed by atoms with van der Waals surface area (Å²) in [5.41, 5.74) is 0. The van der Waals surface area contributed by atoms with Gasteiger partial charge in [0, 0.05) is 4.48 Å². The Morgan fingerprint density at radius 1 is 1.19 bits per heavy atom. The van der Waals surface area contributed by atoms with E-state index in [9.17, 15) is 39.2 Å². The lowest BCUT2D eigenvalue weighted by Gasteiger charge is -2.37. The second-order valence-electron chi connectivity index (χ2n) is 5.27. The van der Waals surface area contributed by atoms with Gasteiger partial charge in [0.15, 0.2) is 0 Å². The Bertz CT molecular complexity index is 749. The van der Waals surface area contributed by atoms with Crippen LogP contribution in [0.2, 0.25) is 0 Å². The Morgan fingerprint density at radius 3 is 2.04 bits per heavy atom. The molecule has 0 aromatic carbocycles. The average Bonchev–Trinajstić information content (AvgIpc) is 2.47. The van der Waals surface area contributed by atoms with E-state index in [2.05, 4.69) is 31.9 Å². The number of hydrogen-bond acceptors (Lipinski definition) is 2. The third-order valence-electron chi connectivity index (χ3n) is 3.46. The van der Waals surface area contributed by atoms with Gasteiger partial charge in [-0.1, -0.05) is 56.8 Å². The van der Waals surface area contributed by atoms with Gasteiger partial charge in [-0.15, -0.1) is 11.6 Å². The van der Waals surface area contributed by atoms with Crippen LogP contribution in [0.1, 0.15) is 19.8 Å². The van der Waals surface area contributed by atoms with Gasteiger partial charge >= 0.3 is 17.4 Å². The Labute approximate surface area is 170 Å². The second kappa shape index (κ2) is 7.38. The van der Waals surface area contributed by atoms with Gasteiger partial charge in [-0.2, -0.15) is 30.7 Å². The fraction of sp³-hybridized carbons (Fsp3) is 0.667. The Balaban J connectivity index is 3.74. The van der Waals surface area contributed by atoms with E-state index in [1.807, 2.05) is 0 Å². The Kier molecular flexibility index (Phi) is 6.96. The van der Waals surface area contributed by atoms with Gasteiger partial charge in [-0.05, 0) is 12.5 Å². The van der Waals surface area contributed by atoms with Crippen molar-refractivity contribution < 1.29 is 39.2 Å². The summed E-state index contributed by atoms with van der Waals surface area (Å²) < 4.78 is 113. The highest BCUT2D eigenvalue weighted by Gasteiger charge is 2.79. The molecule has 2 atom stereocenters. The first-order valence-corrected chi connectivity index (χ1v) is 10.4. The molecule has 152 valence electrons. The predicted octanol–water partition coefficient (Wildman–Crippen LogP) is 6.48. The molecule has 14 heteroatoms. The van der Waals surface area contributed by atoms with E-state index in [-0.39, 0.29) is 10.9 Å². The number of allylic oxidation sites excluding steroid dienone is 3. The average molecular weight is 581 g/mol. The molecule has 0 aromatic heterocycles. The summed E-state index contributed by atoms with van der Waals surface area (Å²) in [6.07, 6.45) is -6.14. The van der Waals surface area contributed by atoms with Crippen LogP contribution in [0.25, 0.3) is 0 Å². The minimum atomic E-state index is -6.85. The molecule has 0 fully saturated rings. The van der Waals surface area contributed by atoms with Crippen molar-refractivity contribution in [1.29, 1.82) is 0 Å².